The highest BCUT2D eigenvalue weighted by Crippen LogP contribution is 2.25. The van der Waals surface area contributed by atoms with Crippen molar-refractivity contribution in [3.63, 3.8) is 0 Å². The van der Waals surface area contributed by atoms with Crippen molar-refractivity contribution >= 4 is 0 Å². The summed E-state index contributed by atoms with van der Waals surface area (Å²) in [5.74, 6) is 0.0848. The molecule has 0 aliphatic heterocycles. The molecule has 0 heterocycles. The van der Waals surface area contributed by atoms with E-state index < -0.39 is 0 Å². The van der Waals surface area contributed by atoms with Crippen LogP contribution in [0.2, 0.25) is 0 Å². The normalized spacial score (nSPS) is 26.4. The van der Waals surface area contributed by atoms with E-state index in [4.69, 9.17) is 14.7 Å². The molecule has 1 fully saturated rings. The summed E-state index contributed by atoms with van der Waals surface area (Å²) in [5.41, 5.74) is 0. The Morgan fingerprint density at radius 3 is 2.62 bits per heavy atom. The number of nitriles is 1. The lowest BCUT2D eigenvalue weighted by Crippen LogP contribution is -2.24. The fourth-order valence-corrected chi connectivity index (χ4v) is 2.10. The van der Waals surface area contributed by atoms with Crippen molar-refractivity contribution in [2.75, 3.05) is 13.2 Å². The zero-order valence-electron chi connectivity index (χ0n) is 10.4. The van der Waals surface area contributed by atoms with E-state index in [1.807, 2.05) is 13.8 Å². The average molecular weight is 225 g/mol. The summed E-state index contributed by atoms with van der Waals surface area (Å²) in [6, 6.07) is 2.38. The predicted molar refractivity (Wildman–Crippen MR) is 63.0 cm³/mol. The maximum Gasteiger partial charge on any atom is 0.0734 e. The maximum absolute atomic E-state index is 9.07. The van der Waals surface area contributed by atoms with Gasteiger partial charge in [-0.3, -0.25) is 0 Å². The quantitative estimate of drug-likeness (QED) is 0.533. The SMILES string of the molecule is CC(C)OCCOC1CCCCCC1C#N. The standard InChI is InChI=1S/C13H23NO2/c1-11(2)15-8-9-16-13-7-5-3-4-6-12(13)10-14/h11-13H,3-9H2,1-2H3. The van der Waals surface area contributed by atoms with Gasteiger partial charge in [0.25, 0.3) is 0 Å². The van der Waals surface area contributed by atoms with Gasteiger partial charge in [0.15, 0.2) is 0 Å². The molecule has 92 valence electrons. The first-order chi connectivity index (χ1) is 7.74. The molecule has 0 bridgehead atoms. The largest absolute Gasteiger partial charge is 0.376 e. The van der Waals surface area contributed by atoms with Gasteiger partial charge >= 0.3 is 0 Å². The second-order valence-corrected chi connectivity index (χ2v) is 4.70. The van der Waals surface area contributed by atoms with Crippen LogP contribution in [0.3, 0.4) is 0 Å². The molecule has 2 atom stereocenters. The van der Waals surface area contributed by atoms with E-state index in [2.05, 4.69) is 6.07 Å². The van der Waals surface area contributed by atoms with E-state index in [1.54, 1.807) is 0 Å². The zero-order chi connectivity index (χ0) is 11.8. The molecule has 0 spiro atoms. The molecule has 0 aromatic rings. The molecule has 3 nitrogen and oxygen atoms in total. The van der Waals surface area contributed by atoms with Gasteiger partial charge in [-0.1, -0.05) is 19.3 Å². The van der Waals surface area contributed by atoms with Crippen molar-refractivity contribution in [2.45, 2.75) is 58.2 Å². The third-order valence-corrected chi connectivity index (χ3v) is 2.98. The molecule has 0 amide bonds. The number of hydrogen-bond acceptors (Lipinski definition) is 3. The smallest absolute Gasteiger partial charge is 0.0734 e. The Labute approximate surface area is 98.7 Å². The summed E-state index contributed by atoms with van der Waals surface area (Å²) < 4.78 is 11.2. The Morgan fingerprint density at radius 2 is 1.94 bits per heavy atom. The molecule has 0 radical (unpaired) electrons. The molecule has 1 saturated carbocycles. The van der Waals surface area contributed by atoms with Crippen LogP contribution in [0.1, 0.15) is 46.0 Å². The first-order valence-corrected chi connectivity index (χ1v) is 6.37. The third-order valence-electron chi connectivity index (χ3n) is 2.98. The molecule has 3 heteroatoms. The monoisotopic (exact) mass is 225 g/mol. The molecule has 1 rings (SSSR count). The minimum absolute atomic E-state index is 0.0848. The zero-order valence-corrected chi connectivity index (χ0v) is 10.4. The van der Waals surface area contributed by atoms with Crippen LogP contribution in [-0.2, 0) is 9.47 Å². The van der Waals surface area contributed by atoms with Gasteiger partial charge in [0.2, 0.25) is 0 Å². The van der Waals surface area contributed by atoms with E-state index in [9.17, 15) is 0 Å². The maximum atomic E-state index is 9.07. The van der Waals surface area contributed by atoms with Gasteiger partial charge in [-0.25, -0.2) is 0 Å². The Bertz CT molecular complexity index is 222. The predicted octanol–water partition coefficient (Wildman–Crippen LogP) is 2.90. The van der Waals surface area contributed by atoms with Crippen molar-refractivity contribution in [1.29, 1.82) is 5.26 Å². The highest BCUT2D eigenvalue weighted by molar-refractivity contribution is 4.90. The second-order valence-electron chi connectivity index (χ2n) is 4.70. The molecule has 0 saturated heterocycles. The fourth-order valence-electron chi connectivity index (χ4n) is 2.10. The van der Waals surface area contributed by atoms with Gasteiger partial charge in [-0.2, -0.15) is 5.26 Å². The number of ether oxygens (including phenoxy) is 2. The van der Waals surface area contributed by atoms with Gasteiger partial charge in [-0.15, -0.1) is 0 Å². The lowest BCUT2D eigenvalue weighted by Gasteiger charge is -2.20. The Kier molecular flexibility index (Phi) is 6.44. The molecule has 2 unspecified atom stereocenters. The molecular formula is C13H23NO2. The molecular weight excluding hydrogens is 202 g/mol. The fraction of sp³-hybridized carbons (Fsp3) is 0.923. The lowest BCUT2D eigenvalue weighted by molar-refractivity contribution is -0.0274. The van der Waals surface area contributed by atoms with Gasteiger partial charge in [0, 0.05) is 0 Å². The van der Waals surface area contributed by atoms with Crippen molar-refractivity contribution < 1.29 is 9.47 Å². The lowest BCUT2D eigenvalue weighted by atomic mass is 9.99. The van der Waals surface area contributed by atoms with Crippen LogP contribution >= 0.6 is 0 Å². The number of nitrogens with zero attached hydrogens (tertiary/aromatic N) is 1. The molecule has 0 N–H and O–H groups in total. The first-order valence-electron chi connectivity index (χ1n) is 6.37. The summed E-state index contributed by atoms with van der Waals surface area (Å²) in [7, 11) is 0. The van der Waals surface area contributed by atoms with Crippen LogP contribution in [0.25, 0.3) is 0 Å². The summed E-state index contributed by atoms with van der Waals surface area (Å²) in [5, 5.41) is 9.07. The molecule has 0 aromatic carbocycles. The van der Waals surface area contributed by atoms with Crippen molar-refractivity contribution in [3.05, 3.63) is 0 Å². The first kappa shape index (κ1) is 13.5. The Balaban J connectivity index is 2.24. The van der Waals surface area contributed by atoms with E-state index >= 15 is 0 Å². The van der Waals surface area contributed by atoms with Crippen LogP contribution < -0.4 is 0 Å². The van der Waals surface area contributed by atoms with E-state index in [0.29, 0.717) is 13.2 Å². The summed E-state index contributed by atoms with van der Waals surface area (Å²) >= 11 is 0. The molecule has 0 aromatic heterocycles. The van der Waals surface area contributed by atoms with Gasteiger partial charge in [-0.05, 0) is 26.7 Å². The minimum Gasteiger partial charge on any atom is -0.376 e. The van der Waals surface area contributed by atoms with E-state index in [0.717, 1.165) is 12.8 Å². The van der Waals surface area contributed by atoms with Crippen molar-refractivity contribution in [2.24, 2.45) is 5.92 Å². The molecule has 16 heavy (non-hydrogen) atoms. The van der Waals surface area contributed by atoms with Crippen LogP contribution in [0.4, 0.5) is 0 Å². The summed E-state index contributed by atoms with van der Waals surface area (Å²) in [6.07, 6.45) is 5.99. The minimum atomic E-state index is 0.0848. The van der Waals surface area contributed by atoms with E-state index in [1.165, 1.54) is 19.3 Å². The highest BCUT2D eigenvalue weighted by atomic mass is 16.5. The topological polar surface area (TPSA) is 42.2 Å². The summed E-state index contributed by atoms with van der Waals surface area (Å²) in [6.45, 7) is 5.28. The average Bonchev–Trinajstić information content (AvgIpc) is 2.48. The Hall–Kier alpha value is -0.590. The molecule has 1 aliphatic carbocycles. The van der Waals surface area contributed by atoms with Gasteiger partial charge in [0.05, 0.1) is 37.4 Å². The van der Waals surface area contributed by atoms with Crippen LogP contribution in [0.5, 0.6) is 0 Å². The number of rotatable bonds is 5. The molecule has 1 aliphatic rings. The van der Waals surface area contributed by atoms with Crippen molar-refractivity contribution in [1.82, 2.24) is 0 Å². The number of hydrogen-bond donors (Lipinski definition) is 0. The third kappa shape index (κ3) is 4.96. The van der Waals surface area contributed by atoms with E-state index in [-0.39, 0.29) is 18.1 Å². The van der Waals surface area contributed by atoms with Gasteiger partial charge in [0.1, 0.15) is 0 Å². The van der Waals surface area contributed by atoms with Crippen LogP contribution in [0, 0.1) is 17.2 Å². The van der Waals surface area contributed by atoms with Crippen LogP contribution in [-0.4, -0.2) is 25.4 Å². The van der Waals surface area contributed by atoms with Gasteiger partial charge < -0.3 is 9.47 Å². The van der Waals surface area contributed by atoms with Crippen LogP contribution in [0.15, 0.2) is 0 Å². The summed E-state index contributed by atoms with van der Waals surface area (Å²) in [4.78, 5) is 0. The highest BCUT2D eigenvalue weighted by Gasteiger charge is 2.23. The Morgan fingerprint density at radius 1 is 1.19 bits per heavy atom. The second kappa shape index (κ2) is 7.65. The van der Waals surface area contributed by atoms with Crippen molar-refractivity contribution in [3.8, 4) is 6.07 Å².